The quantitative estimate of drug-likeness (QED) is 0.396. The van der Waals surface area contributed by atoms with Gasteiger partial charge in [-0.2, -0.15) is 0 Å². The number of sulfonamides is 1. The molecule has 0 fully saturated rings. The summed E-state index contributed by atoms with van der Waals surface area (Å²) in [6.07, 6.45) is 1.22. The summed E-state index contributed by atoms with van der Waals surface area (Å²) in [5, 5.41) is 3.29. The first kappa shape index (κ1) is 25.5. The van der Waals surface area contributed by atoms with Crippen molar-refractivity contribution in [3.63, 3.8) is 0 Å². The van der Waals surface area contributed by atoms with E-state index in [9.17, 15) is 18.0 Å². The number of anilines is 1. The van der Waals surface area contributed by atoms with Gasteiger partial charge < -0.3 is 5.32 Å². The molecule has 0 radical (unpaired) electrons. The van der Waals surface area contributed by atoms with E-state index in [0.717, 1.165) is 17.4 Å². The van der Waals surface area contributed by atoms with Crippen molar-refractivity contribution in [2.75, 3.05) is 10.8 Å². The van der Waals surface area contributed by atoms with Gasteiger partial charge in [0.2, 0.25) is 5.91 Å². The second-order valence-electron chi connectivity index (χ2n) is 8.02. The van der Waals surface area contributed by atoms with Crippen LogP contribution in [0, 0.1) is 13.8 Å². The maximum atomic E-state index is 13.5. The SMILES string of the molecule is Cc1ccc(S(=O)(=O)N(CCCC(=O)NCc2cccc(C=O)c2)c2cccc(Cl)c2C)cc1. The predicted octanol–water partition coefficient (Wildman–Crippen LogP) is 5.06. The number of amides is 1. The van der Waals surface area contributed by atoms with Crippen molar-refractivity contribution in [3.05, 3.63) is 94.0 Å². The number of hydrogen-bond donors (Lipinski definition) is 1. The monoisotopic (exact) mass is 498 g/mol. The molecule has 0 aromatic heterocycles. The van der Waals surface area contributed by atoms with E-state index in [0.29, 0.717) is 34.8 Å². The molecule has 178 valence electrons. The fraction of sp³-hybridized carbons (Fsp3) is 0.231. The zero-order valence-electron chi connectivity index (χ0n) is 19.1. The molecule has 0 unspecified atom stereocenters. The smallest absolute Gasteiger partial charge is 0.264 e. The molecule has 0 saturated carbocycles. The molecule has 1 amide bonds. The largest absolute Gasteiger partial charge is 0.352 e. The van der Waals surface area contributed by atoms with E-state index in [1.807, 2.05) is 13.0 Å². The molecule has 0 aliphatic heterocycles. The lowest BCUT2D eigenvalue weighted by molar-refractivity contribution is -0.121. The van der Waals surface area contributed by atoms with Crippen LogP contribution in [0.2, 0.25) is 5.02 Å². The van der Waals surface area contributed by atoms with Crippen LogP contribution in [0.1, 0.15) is 39.9 Å². The Morgan fingerprint density at radius 1 is 1.03 bits per heavy atom. The topological polar surface area (TPSA) is 83.6 Å². The number of hydrogen-bond acceptors (Lipinski definition) is 4. The highest BCUT2D eigenvalue weighted by Gasteiger charge is 2.26. The first-order chi connectivity index (χ1) is 16.2. The predicted molar refractivity (Wildman–Crippen MR) is 135 cm³/mol. The van der Waals surface area contributed by atoms with Crippen LogP contribution in [-0.4, -0.2) is 27.2 Å². The maximum Gasteiger partial charge on any atom is 0.264 e. The minimum Gasteiger partial charge on any atom is -0.352 e. The number of aldehydes is 1. The number of nitrogens with zero attached hydrogens (tertiary/aromatic N) is 1. The number of aryl methyl sites for hydroxylation is 1. The summed E-state index contributed by atoms with van der Waals surface area (Å²) >= 11 is 6.27. The molecule has 0 atom stereocenters. The number of carbonyl (C=O) groups is 2. The van der Waals surface area contributed by atoms with Crippen LogP contribution in [0.15, 0.2) is 71.6 Å². The van der Waals surface area contributed by atoms with E-state index < -0.39 is 10.0 Å². The van der Waals surface area contributed by atoms with Crippen molar-refractivity contribution >= 4 is 39.5 Å². The van der Waals surface area contributed by atoms with E-state index in [2.05, 4.69) is 5.32 Å². The number of nitrogens with one attached hydrogen (secondary N) is 1. The summed E-state index contributed by atoms with van der Waals surface area (Å²) in [6, 6.07) is 18.8. The highest BCUT2D eigenvalue weighted by atomic mass is 35.5. The minimum atomic E-state index is -3.86. The van der Waals surface area contributed by atoms with Crippen molar-refractivity contribution in [1.82, 2.24) is 5.32 Å². The van der Waals surface area contributed by atoms with Crippen LogP contribution in [0.4, 0.5) is 5.69 Å². The third-order valence-electron chi connectivity index (χ3n) is 5.46. The Kier molecular flexibility index (Phi) is 8.47. The first-order valence-corrected chi connectivity index (χ1v) is 12.7. The van der Waals surface area contributed by atoms with E-state index in [-0.39, 0.29) is 23.8 Å². The van der Waals surface area contributed by atoms with Crippen LogP contribution < -0.4 is 9.62 Å². The molecular formula is C26H27ClN2O4S. The van der Waals surface area contributed by atoms with Crippen molar-refractivity contribution in [2.45, 2.75) is 38.1 Å². The van der Waals surface area contributed by atoms with Crippen molar-refractivity contribution in [1.29, 1.82) is 0 Å². The van der Waals surface area contributed by atoms with E-state index in [1.165, 1.54) is 4.31 Å². The van der Waals surface area contributed by atoms with Gasteiger partial charge in [-0.25, -0.2) is 8.42 Å². The Morgan fingerprint density at radius 2 is 1.74 bits per heavy atom. The lowest BCUT2D eigenvalue weighted by Gasteiger charge is -2.26. The van der Waals surface area contributed by atoms with E-state index >= 15 is 0 Å². The fourth-order valence-corrected chi connectivity index (χ4v) is 5.25. The van der Waals surface area contributed by atoms with Gasteiger partial charge in [0.1, 0.15) is 6.29 Å². The minimum absolute atomic E-state index is 0.117. The first-order valence-electron chi connectivity index (χ1n) is 10.9. The highest BCUT2D eigenvalue weighted by molar-refractivity contribution is 7.92. The number of benzene rings is 3. The maximum absolute atomic E-state index is 13.5. The van der Waals surface area contributed by atoms with Gasteiger partial charge in [0.15, 0.2) is 0 Å². The van der Waals surface area contributed by atoms with Crippen molar-refractivity contribution in [3.8, 4) is 0 Å². The van der Waals surface area contributed by atoms with Gasteiger partial charge in [-0.15, -0.1) is 0 Å². The third kappa shape index (κ3) is 6.24. The second-order valence-corrected chi connectivity index (χ2v) is 10.3. The second kappa shape index (κ2) is 11.3. The molecule has 3 aromatic carbocycles. The van der Waals surface area contributed by atoms with Crippen LogP contribution >= 0.6 is 11.6 Å². The lowest BCUT2D eigenvalue weighted by atomic mass is 10.1. The summed E-state index contributed by atoms with van der Waals surface area (Å²) in [5.74, 6) is -0.202. The van der Waals surface area contributed by atoms with Crippen LogP contribution in [0.25, 0.3) is 0 Å². The summed E-state index contributed by atoms with van der Waals surface area (Å²) in [6.45, 7) is 4.07. The molecule has 3 rings (SSSR count). The molecule has 1 N–H and O–H groups in total. The molecule has 34 heavy (non-hydrogen) atoms. The van der Waals surface area contributed by atoms with E-state index in [1.54, 1.807) is 67.6 Å². The number of rotatable bonds is 10. The standard InChI is InChI=1S/C26H27ClN2O4S/c1-19-11-13-23(14-12-19)34(32,33)29(25-9-4-8-24(27)20(25)2)15-5-10-26(31)28-17-21-6-3-7-22(16-21)18-30/h3-4,6-9,11-14,16,18H,5,10,15,17H2,1-2H3,(H,28,31). The number of halogens is 1. The van der Waals surface area contributed by atoms with Crippen LogP contribution in [0.3, 0.4) is 0 Å². The van der Waals surface area contributed by atoms with Gasteiger partial charge in [0, 0.05) is 30.1 Å². The molecule has 0 aliphatic carbocycles. The summed E-state index contributed by atoms with van der Waals surface area (Å²) in [7, 11) is -3.86. The van der Waals surface area contributed by atoms with E-state index in [4.69, 9.17) is 11.6 Å². The zero-order chi connectivity index (χ0) is 24.7. The molecule has 0 heterocycles. The zero-order valence-corrected chi connectivity index (χ0v) is 20.7. The van der Waals surface area contributed by atoms with Gasteiger partial charge in [-0.3, -0.25) is 13.9 Å². The van der Waals surface area contributed by atoms with Gasteiger partial charge in [-0.05, 0) is 61.7 Å². The van der Waals surface area contributed by atoms with Gasteiger partial charge >= 0.3 is 0 Å². The molecular weight excluding hydrogens is 472 g/mol. The Balaban J connectivity index is 1.73. The summed E-state index contributed by atoms with van der Waals surface area (Å²) in [5.41, 5.74) is 3.45. The molecule has 0 spiro atoms. The summed E-state index contributed by atoms with van der Waals surface area (Å²) in [4.78, 5) is 23.5. The normalized spacial score (nSPS) is 11.1. The molecule has 0 saturated heterocycles. The Morgan fingerprint density at radius 3 is 2.44 bits per heavy atom. The molecule has 6 nitrogen and oxygen atoms in total. The highest BCUT2D eigenvalue weighted by Crippen LogP contribution is 2.31. The molecule has 3 aromatic rings. The third-order valence-corrected chi connectivity index (χ3v) is 7.70. The average Bonchev–Trinajstić information content (AvgIpc) is 2.83. The molecule has 0 aliphatic rings. The van der Waals surface area contributed by atoms with Gasteiger partial charge in [0.25, 0.3) is 10.0 Å². The van der Waals surface area contributed by atoms with Gasteiger partial charge in [-0.1, -0.05) is 53.6 Å². The van der Waals surface area contributed by atoms with Crippen molar-refractivity contribution < 1.29 is 18.0 Å². The molecule has 0 bridgehead atoms. The Labute approximate surface area is 205 Å². The lowest BCUT2D eigenvalue weighted by Crippen LogP contribution is -2.33. The number of carbonyl (C=O) groups excluding carboxylic acids is 2. The van der Waals surface area contributed by atoms with Gasteiger partial charge in [0.05, 0.1) is 10.6 Å². The average molecular weight is 499 g/mol. The molecule has 8 heteroatoms. The Hall–Kier alpha value is -3.16. The van der Waals surface area contributed by atoms with Crippen LogP contribution in [0.5, 0.6) is 0 Å². The van der Waals surface area contributed by atoms with Crippen LogP contribution in [-0.2, 0) is 21.4 Å². The summed E-state index contributed by atoms with van der Waals surface area (Å²) < 4.78 is 28.3. The Bertz CT molecular complexity index is 1270. The fourth-order valence-electron chi connectivity index (χ4n) is 3.52. The van der Waals surface area contributed by atoms with Crippen molar-refractivity contribution in [2.24, 2.45) is 0 Å².